The fourth-order valence-electron chi connectivity index (χ4n) is 3.14. The molecule has 1 amide bonds. The Morgan fingerprint density at radius 2 is 2.00 bits per heavy atom. The third-order valence-electron chi connectivity index (χ3n) is 4.41. The number of nitrogens with zero attached hydrogens (tertiary/aromatic N) is 2. The Balaban J connectivity index is 1.98. The smallest absolute Gasteiger partial charge is 0.311 e. The highest BCUT2D eigenvalue weighted by atomic mass is 32.2. The van der Waals surface area contributed by atoms with Gasteiger partial charge in [0.25, 0.3) is 11.6 Å². The van der Waals surface area contributed by atoms with Crippen LogP contribution in [-0.4, -0.2) is 60.8 Å². The summed E-state index contributed by atoms with van der Waals surface area (Å²) in [6.07, 6.45) is 0.0391. The highest BCUT2D eigenvalue weighted by Gasteiger charge is 2.35. The van der Waals surface area contributed by atoms with E-state index in [1.165, 1.54) is 23.1 Å². The summed E-state index contributed by atoms with van der Waals surface area (Å²) in [5.74, 6) is -1.15. The molecule has 0 bridgehead atoms. The molecule has 2 rings (SSSR count). The summed E-state index contributed by atoms with van der Waals surface area (Å²) in [5.41, 5.74) is 0.00856. The van der Waals surface area contributed by atoms with Crippen molar-refractivity contribution in [3.8, 4) is 0 Å². The van der Waals surface area contributed by atoms with Crippen LogP contribution in [0.25, 0.3) is 0 Å². The van der Waals surface area contributed by atoms with Crippen LogP contribution in [0.1, 0.15) is 25.8 Å². The Morgan fingerprint density at radius 3 is 2.57 bits per heavy atom. The maximum absolute atomic E-state index is 12.6. The minimum Gasteiger partial charge on any atom is -0.455 e. The molecule has 0 radical (unpaired) electrons. The van der Waals surface area contributed by atoms with Gasteiger partial charge in [-0.2, -0.15) is 0 Å². The molecule has 28 heavy (non-hydrogen) atoms. The van der Waals surface area contributed by atoms with E-state index in [1.54, 1.807) is 6.07 Å². The molecule has 0 unspecified atom stereocenters. The van der Waals surface area contributed by atoms with Crippen molar-refractivity contribution < 1.29 is 27.7 Å². The summed E-state index contributed by atoms with van der Waals surface area (Å²) in [4.78, 5) is 36.5. The van der Waals surface area contributed by atoms with Gasteiger partial charge in [-0.15, -0.1) is 0 Å². The second-order valence-corrected chi connectivity index (χ2v) is 9.45. The molecule has 1 fully saturated rings. The Hall–Kier alpha value is -2.49. The predicted molar refractivity (Wildman–Crippen MR) is 101 cm³/mol. The summed E-state index contributed by atoms with van der Waals surface area (Å²) in [5, 5.41) is 11.0. The lowest BCUT2D eigenvalue weighted by Gasteiger charge is -2.29. The number of carbonyl (C=O) groups excluding carboxylic acids is 2. The quantitative estimate of drug-likeness (QED) is 0.359. The van der Waals surface area contributed by atoms with Gasteiger partial charge in [0, 0.05) is 24.2 Å². The van der Waals surface area contributed by atoms with Crippen molar-refractivity contribution >= 4 is 27.4 Å². The number of rotatable bonds is 8. The van der Waals surface area contributed by atoms with E-state index in [1.807, 2.05) is 13.8 Å². The van der Waals surface area contributed by atoms with Crippen molar-refractivity contribution in [2.75, 3.05) is 24.7 Å². The van der Waals surface area contributed by atoms with E-state index >= 15 is 0 Å². The van der Waals surface area contributed by atoms with Crippen LogP contribution < -0.4 is 0 Å². The van der Waals surface area contributed by atoms with E-state index in [9.17, 15) is 28.1 Å². The van der Waals surface area contributed by atoms with Crippen LogP contribution in [0.2, 0.25) is 0 Å². The molecule has 1 aromatic carbocycles. The lowest BCUT2D eigenvalue weighted by molar-refractivity contribution is -0.385. The number of carbonyl (C=O) groups is 2. The van der Waals surface area contributed by atoms with Gasteiger partial charge >= 0.3 is 5.97 Å². The molecule has 1 atom stereocenters. The first-order valence-electron chi connectivity index (χ1n) is 8.97. The largest absolute Gasteiger partial charge is 0.455 e. The van der Waals surface area contributed by atoms with E-state index < -0.39 is 39.3 Å². The number of amides is 1. The van der Waals surface area contributed by atoms with Gasteiger partial charge in [0.1, 0.15) is 0 Å². The van der Waals surface area contributed by atoms with Gasteiger partial charge in [-0.1, -0.05) is 32.0 Å². The molecule has 1 aliphatic heterocycles. The van der Waals surface area contributed by atoms with Crippen molar-refractivity contribution in [1.82, 2.24) is 4.90 Å². The minimum atomic E-state index is -3.16. The van der Waals surface area contributed by atoms with Crippen LogP contribution in [0.4, 0.5) is 5.69 Å². The summed E-state index contributed by atoms with van der Waals surface area (Å²) >= 11 is 0. The Kier molecular flexibility index (Phi) is 7.11. The van der Waals surface area contributed by atoms with Crippen molar-refractivity contribution in [3.63, 3.8) is 0 Å². The molecule has 1 aromatic rings. The number of nitro groups is 1. The molecule has 1 heterocycles. The summed E-state index contributed by atoms with van der Waals surface area (Å²) in [7, 11) is -3.16. The van der Waals surface area contributed by atoms with Crippen molar-refractivity contribution in [1.29, 1.82) is 0 Å². The average Bonchev–Trinajstić information content (AvgIpc) is 2.97. The van der Waals surface area contributed by atoms with Gasteiger partial charge in [-0.25, -0.2) is 8.42 Å². The number of hydrogen-bond acceptors (Lipinski definition) is 7. The van der Waals surface area contributed by atoms with Gasteiger partial charge in [-0.3, -0.25) is 19.7 Å². The summed E-state index contributed by atoms with van der Waals surface area (Å²) in [6, 6.07) is 5.39. The van der Waals surface area contributed by atoms with Crippen LogP contribution in [0.15, 0.2) is 24.3 Å². The lowest BCUT2D eigenvalue weighted by atomic mass is 10.1. The number of para-hydroxylation sites is 1. The predicted octanol–water partition coefficient (Wildman–Crippen LogP) is 1.35. The first-order chi connectivity index (χ1) is 13.1. The molecule has 9 nitrogen and oxygen atoms in total. The number of benzene rings is 1. The van der Waals surface area contributed by atoms with Crippen LogP contribution >= 0.6 is 0 Å². The normalized spacial score (nSPS) is 18.0. The van der Waals surface area contributed by atoms with Crippen LogP contribution in [0.3, 0.4) is 0 Å². The molecule has 0 saturated carbocycles. The zero-order valence-corrected chi connectivity index (χ0v) is 16.7. The molecule has 0 spiro atoms. The van der Waals surface area contributed by atoms with Crippen molar-refractivity contribution in [2.24, 2.45) is 5.92 Å². The standard InChI is InChI=1S/C18H24N2O7S/c1-13(2)10-19(15-7-8-28(25,26)12-15)17(21)11-27-18(22)9-14-5-3-4-6-16(14)20(23)24/h3-6,13,15H,7-12H2,1-2H3/t15-/m0/s1. The topological polar surface area (TPSA) is 124 Å². The summed E-state index contributed by atoms with van der Waals surface area (Å²) in [6.45, 7) is 3.65. The summed E-state index contributed by atoms with van der Waals surface area (Å²) < 4.78 is 28.5. The highest BCUT2D eigenvalue weighted by molar-refractivity contribution is 7.91. The van der Waals surface area contributed by atoms with Gasteiger partial charge < -0.3 is 9.64 Å². The van der Waals surface area contributed by atoms with Gasteiger partial charge in [0.2, 0.25) is 0 Å². The molecule has 10 heteroatoms. The van der Waals surface area contributed by atoms with E-state index in [2.05, 4.69) is 0 Å². The molecular weight excluding hydrogens is 388 g/mol. The van der Waals surface area contributed by atoms with Gasteiger partial charge in [0.05, 0.1) is 22.8 Å². The molecule has 0 aliphatic carbocycles. The number of nitro benzene ring substituents is 1. The highest BCUT2D eigenvalue weighted by Crippen LogP contribution is 2.20. The second-order valence-electron chi connectivity index (χ2n) is 7.22. The second kappa shape index (κ2) is 9.13. The molecule has 1 aliphatic rings. The first kappa shape index (κ1) is 21.8. The molecule has 154 valence electrons. The zero-order valence-electron chi connectivity index (χ0n) is 15.9. The SMILES string of the molecule is CC(C)CN(C(=O)COC(=O)Cc1ccccc1[N+](=O)[O-])[C@H]1CCS(=O)(=O)C1. The Morgan fingerprint density at radius 1 is 1.32 bits per heavy atom. The monoisotopic (exact) mass is 412 g/mol. The van der Waals surface area contributed by atoms with Crippen molar-refractivity contribution in [2.45, 2.75) is 32.7 Å². The van der Waals surface area contributed by atoms with Gasteiger partial charge in [-0.05, 0) is 12.3 Å². The maximum Gasteiger partial charge on any atom is 0.311 e. The first-order valence-corrected chi connectivity index (χ1v) is 10.8. The Labute approximate surface area is 163 Å². The van der Waals surface area contributed by atoms with E-state index in [-0.39, 0.29) is 35.1 Å². The van der Waals surface area contributed by atoms with E-state index in [0.29, 0.717) is 13.0 Å². The molecule has 1 saturated heterocycles. The third kappa shape index (κ3) is 6.01. The number of hydrogen-bond donors (Lipinski definition) is 0. The number of ether oxygens (including phenoxy) is 1. The van der Waals surface area contributed by atoms with Crippen LogP contribution in [0.5, 0.6) is 0 Å². The third-order valence-corrected chi connectivity index (χ3v) is 6.16. The van der Waals surface area contributed by atoms with Gasteiger partial charge in [0.15, 0.2) is 16.4 Å². The molecule has 0 N–H and O–H groups in total. The van der Waals surface area contributed by atoms with Crippen molar-refractivity contribution in [3.05, 3.63) is 39.9 Å². The fourth-order valence-corrected chi connectivity index (χ4v) is 4.87. The number of esters is 1. The average molecular weight is 412 g/mol. The Bertz CT molecular complexity index is 851. The minimum absolute atomic E-state index is 0.0387. The molecule has 0 aromatic heterocycles. The fraction of sp³-hybridized carbons (Fsp3) is 0.556. The zero-order chi connectivity index (χ0) is 20.9. The van der Waals surface area contributed by atoms with E-state index in [0.717, 1.165) is 0 Å². The number of sulfone groups is 1. The lowest BCUT2D eigenvalue weighted by Crippen LogP contribution is -2.45. The van der Waals surface area contributed by atoms with E-state index in [4.69, 9.17) is 4.74 Å². The maximum atomic E-state index is 12.6. The van der Waals surface area contributed by atoms with Crippen LogP contribution in [-0.2, 0) is 30.6 Å². The molecular formula is C18H24N2O7S. The van der Waals surface area contributed by atoms with Crippen LogP contribution in [0, 0.1) is 16.0 Å².